The van der Waals surface area contributed by atoms with Gasteiger partial charge in [0.05, 0.1) is 11.6 Å². The molecular weight excluding hydrogens is 427 g/mol. The number of rotatable bonds is 7. The molecule has 2 saturated heterocycles. The molecule has 2 aliphatic rings. The molecule has 2 aromatic rings. The lowest BCUT2D eigenvalue weighted by atomic mass is 9.86. The van der Waals surface area contributed by atoms with E-state index >= 15 is 0 Å². The fourth-order valence-corrected chi connectivity index (χ4v) is 4.67. The van der Waals surface area contributed by atoms with Gasteiger partial charge in [0.15, 0.2) is 0 Å². The minimum absolute atomic E-state index is 0.0629. The van der Waals surface area contributed by atoms with Gasteiger partial charge in [0.1, 0.15) is 23.2 Å². The van der Waals surface area contributed by atoms with Gasteiger partial charge in [-0.25, -0.2) is 9.18 Å². The summed E-state index contributed by atoms with van der Waals surface area (Å²) in [5.74, 6) is -0.894. The van der Waals surface area contributed by atoms with E-state index in [0.29, 0.717) is 44.9 Å². The Balaban J connectivity index is 1.45. The van der Waals surface area contributed by atoms with Crippen LogP contribution in [-0.4, -0.2) is 59.8 Å². The summed E-state index contributed by atoms with van der Waals surface area (Å²) in [4.78, 5) is 26.9. The Bertz CT molecular complexity index is 991. The topological polar surface area (TPSA) is 88.1 Å². The van der Waals surface area contributed by atoms with Gasteiger partial charge >= 0.3 is 5.97 Å². The molecule has 2 aliphatic heterocycles. The molecule has 0 aliphatic carbocycles. The van der Waals surface area contributed by atoms with Crippen molar-refractivity contribution < 1.29 is 28.6 Å². The van der Waals surface area contributed by atoms with Crippen molar-refractivity contribution in [2.75, 3.05) is 26.3 Å². The van der Waals surface area contributed by atoms with Crippen molar-refractivity contribution >= 4 is 11.9 Å². The van der Waals surface area contributed by atoms with Crippen LogP contribution in [0.1, 0.15) is 48.1 Å². The number of nitrogens with zero attached hydrogens (tertiary/aromatic N) is 1. The van der Waals surface area contributed by atoms with E-state index in [1.807, 2.05) is 6.92 Å². The van der Waals surface area contributed by atoms with Crippen molar-refractivity contribution in [3.8, 4) is 5.75 Å². The van der Waals surface area contributed by atoms with E-state index in [0.717, 1.165) is 12.0 Å². The fraction of sp³-hybridized carbons (Fsp3) is 0.440. The standard InChI is InChI=1S/C25H29FN2O5/c1-17(18-5-7-19(8-6-18)23(29)30)27-24(31)25(10-13-32-14-11-25)28-12-9-22(16-28)33-21-4-2-3-20(26)15-21/h2-8,15,17,22H,9-14,16H2,1H3,(H,27,31)(H,29,30)/t17-,22+/m0/s1. The summed E-state index contributed by atoms with van der Waals surface area (Å²) in [5, 5.41) is 12.2. The second-order valence-corrected chi connectivity index (χ2v) is 8.70. The first-order valence-corrected chi connectivity index (χ1v) is 11.3. The predicted octanol–water partition coefficient (Wildman–Crippen LogP) is 3.40. The van der Waals surface area contributed by atoms with Crippen LogP contribution < -0.4 is 10.1 Å². The van der Waals surface area contributed by atoms with Crippen LogP contribution in [0.5, 0.6) is 5.75 Å². The van der Waals surface area contributed by atoms with Gasteiger partial charge in [-0.05, 0) is 56.0 Å². The first kappa shape index (κ1) is 23.2. The van der Waals surface area contributed by atoms with Crippen LogP contribution in [0.25, 0.3) is 0 Å². The highest BCUT2D eigenvalue weighted by Gasteiger charge is 2.48. The summed E-state index contributed by atoms with van der Waals surface area (Å²) >= 11 is 0. The van der Waals surface area contributed by atoms with Gasteiger partial charge in [0, 0.05) is 32.4 Å². The second-order valence-electron chi connectivity index (χ2n) is 8.70. The van der Waals surface area contributed by atoms with Gasteiger partial charge in [-0.3, -0.25) is 9.69 Å². The number of carboxylic acids is 1. The highest BCUT2D eigenvalue weighted by Crippen LogP contribution is 2.33. The Kier molecular flexibility index (Phi) is 6.95. The second kappa shape index (κ2) is 9.89. The molecule has 33 heavy (non-hydrogen) atoms. The van der Waals surface area contributed by atoms with E-state index in [4.69, 9.17) is 14.6 Å². The number of likely N-dealkylation sites (tertiary alicyclic amines) is 1. The third kappa shape index (κ3) is 5.17. The lowest BCUT2D eigenvalue weighted by Crippen LogP contribution is -2.61. The van der Waals surface area contributed by atoms with Crippen LogP contribution >= 0.6 is 0 Å². The summed E-state index contributed by atoms with van der Waals surface area (Å²) in [5.41, 5.74) is 0.344. The maximum absolute atomic E-state index is 13.6. The van der Waals surface area contributed by atoms with Gasteiger partial charge in [-0.1, -0.05) is 18.2 Å². The van der Waals surface area contributed by atoms with Crippen molar-refractivity contribution in [1.82, 2.24) is 10.2 Å². The average Bonchev–Trinajstić information content (AvgIpc) is 3.28. The quantitative estimate of drug-likeness (QED) is 0.664. The summed E-state index contributed by atoms with van der Waals surface area (Å²) in [6, 6.07) is 12.4. The van der Waals surface area contributed by atoms with Gasteiger partial charge in [-0.15, -0.1) is 0 Å². The van der Waals surface area contributed by atoms with E-state index in [-0.39, 0.29) is 29.4 Å². The van der Waals surface area contributed by atoms with E-state index in [2.05, 4.69) is 10.2 Å². The Morgan fingerprint density at radius 2 is 1.94 bits per heavy atom. The van der Waals surface area contributed by atoms with E-state index in [9.17, 15) is 14.0 Å². The van der Waals surface area contributed by atoms with Crippen molar-refractivity contribution in [3.63, 3.8) is 0 Å². The van der Waals surface area contributed by atoms with Crippen molar-refractivity contribution in [1.29, 1.82) is 0 Å². The molecule has 0 radical (unpaired) electrons. The van der Waals surface area contributed by atoms with Crippen molar-refractivity contribution in [2.45, 2.75) is 43.9 Å². The minimum Gasteiger partial charge on any atom is -0.489 e. The molecule has 7 nitrogen and oxygen atoms in total. The lowest BCUT2D eigenvalue weighted by Gasteiger charge is -2.43. The number of benzene rings is 2. The maximum atomic E-state index is 13.6. The Morgan fingerprint density at radius 3 is 2.61 bits per heavy atom. The van der Waals surface area contributed by atoms with Gasteiger partial charge in [0.2, 0.25) is 5.91 Å². The number of carboxylic acid groups (broad SMARTS) is 1. The number of hydrogen-bond donors (Lipinski definition) is 2. The number of nitrogens with one attached hydrogen (secondary N) is 1. The normalized spacial score (nSPS) is 21.3. The van der Waals surface area contributed by atoms with E-state index in [1.54, 1.807) is 36.4 Å². The Morgan fingerprint density at radius 1 is 1.21 bits per heavy atom. The number of halogens is 1. The molecule has 8 heteroatoms. The summed E-state index contributed by atoms with van der Waals surface area (Å²) in [6.45, 7) is 4.17. The van der Waals surface area contributed by atoms with Crippen LogP contribution in [0.2, 0.25) is 0 Å². The molecule has 176 valence electrons. The van der Waals surface area contributed by atoms with Crippen LogP contribution in [-0.2, 0) is 9.53 Å². The molecule has 2 aromatic carbocycles. The average molecular weight is 457 g/mol. The summed E-state index contributed by atoms with van der Waals surface area (Å²) in [7, 11) is 0. The Hall–Kier alpha value is -2.97. The zero-order valence-corrected chi connectivity index (χ0v) is 18.6. The van der Waals surface area contributed by atoms with Crippen LogP contribution in [0.4, 0.5) is 4.39 Å². The van der Waals surface area contributed by atoms with Crippen molar-refractivity contribution in [3.05, 3.63) is 65.5 Å². The third-order valence-electron chi connectivity index (χ3n) is 6.60. The minimum atomic E-state index is -0.983. The first-order chi connectivity index (χ1) is 15.9. The van der Waals surface area contributed by atoms with Crippen LogP contribution in [0.3, 0.4) is 0 Å². The molecule has 0 bridgehead atoms. The van der Waals surface area contributed by atoms with Crippen LogP contribution in [0.15, 0.2) is 48.5 Å². The zero-order chi connectivity index (χ0) is 23.4. The number of amides is 1. The molecule has 1 amide bonds. The molecule has 2 N–H and O–H groups in total. The zero-order valence-electron chi connectivity index (χ0n) is 18.6. The molecular formula is C25H29FN2O5. The highest BCUT2D eigenvalue weighted by atomic mass is 19.1. The fourth-order valence-electron chi connectivity index (χ4n) is 4.67. The summed E-state index contributed by atoms with van der Waals surface area (Å²) < 4.78 is 25.1. The number of aromatic carboxylic acids is 1. The molecule has 0 saturated carbocycles. The molecule has 4 rings (SSSR count). The van der Waals surface area contributed by atoms with Gasteiger partial charge in [0.25, 0.3) is 0 Å². The van der Waals surface area contributed by atoms with Crippen LogP contribution in [0, 0.1) is 5.82 Å². The molecule has 2 atom stereocenters. The predicted molar refractivity (Wildman–Crippen MR) is 120 cm³/mol. The monoisotopic (exact) mass is 456 g/mol. The smallest absolute Gasteiger partial charge is 0.335 e. The molecule has 0 unspecified atom stereocenters. The number of carbonyl (C=O) groups excluding carboxylic acids is 1. The van der Waals surface area contributed by atoms with Gasteiger partial charge in [-0.2, -0.15) is 0 Å². The van der Waals surface area contributed by atoms with E-state index < -0.39 is 11.5 Å². The first-order valence-electron chi connectivity index (χ1n) is 11.3. The Labute approximate surface area is 192 Å². The highest BCUT2D eigenvalue weighted by molar-refractivity contribution is 5.88. The number of hydrogen-bond acceptors (Lipinski definition) is 5. The largest absolute Gasteiger partial charge is 0.489 e. The maximum Gasteiger partial charge on any atom is 0.335 e. The molecule has 0 spiro atoms. The lowest BCUT2D eigenvalue weighted by molar-refractivity contribution is -0.140. The van der Waals surface area contributed by atoms with Crippen molar-refractivity contribution in [2.24, 2.45) is 0 Å². The molecule has 2 heterocycles. The third-order valence-corrected chi connectivity index (χ3v) is 6.60. The van der Waals surface area contributed by atoms with Gasteiger partial charge < -0.3 is 19.9 Å². The molecule has 2 fully saturated rings. The summed E-state index contributed by atoms with van der Waals surface area (Å²) in [6.07, 6.45) is 1.78. The molecule has 0 aromatic heterocycles. The number of carbonyl (C=O) groups is 2. The van der Waals surface area contributed by atoms with E-state index in [1.165, 1.54) is 12.1 Å². The SMILES string of the molecule is C[C@H](NC(=O)C1(N2CC[C@@H](Oc3cccc(F)c3)C2)CCOCC1)c1ccc(C(=O)O)cc1. The number of ether oxygens (including phenoxy) is 2.